The van der Waals surface area contributed by atoms with E-state index in [2.05, 4.69) is 94.9 Å². The quantitative estimate of drug-likeness (QED) is 0.187. The zero-order valence-electron chi connectivity index (χ0n) is 25.8. The highest BCUT2D eigenvalue weighted by atomic mass is 15.0. The molecule has 0 aliphatic carbocycles. The number of benzene rings is 6. The zero-order valence-corrected chi connectivity index (χ0v) is 25.8. The molecule has 2 heterocycles. The van der Waals surface area contributed by atoms with E-state index in [-0.39, 0.29) is 0 Å². The Balaban J connectivity index is 1.61. The van der Waals surface area contributed by atoms with Crippen LogP contribution in [0.5, 0.6) is 0 Å². The molecule has 0 amide bonds. The molecule has 0 bridgehead atoms. The maximum absolute atomic E-state index is 5.03. The van der Waals surface area contributed by atoms with Gasteiger partial charge in [0.1, 0.15) is 23.3 Å². The van der Waals surface area contributed by atoms with Gasteiger partial charge in [-0.15, -0.1) is 0 Å². The van der Waals surface area contributed by atoms with Crippen LogP contribution in [0.25, 0.3) is 98.2 Å². The smallest absolute Gasteiger partial charge is 0.164 e. The van der Waals surface area contributed by atoms with Crippen molar-refractivity contribution in [3.05, 3.63) is 108 Å². The van der Waals surface area contributed by atoms with Crippen LogP contribution in [0.3, 0.4) is 0 Å². The maximum Gasteiger partial charge on any atom is 0.164 e. The molecule has 0 N–H and O–H groups in total. The van der Waals surface area contributed by atoms with E-state index < -0.39 is 0 Å². The van der Waals surface area contributed by atoms with Gasteiger partial charge < -0.3 is 0 Å². The third kappa shape index (κ3) is 3.25. The van der Waals surface area contributed by atoms with Crippen LogP contribution in [0.2, 0.25) is 0 Å². The van der Waals surface area contributed by atoms with Gasteiger partial charge >= 0.3 is 0 Å². The van der Waals surface area contributed by atoms with Crippen LogP contribution in [0.15, 0.2) is 84.9 Å². The van der Waals surface area contributed by atoms with Crippen molar-refractivity contribution in [3.63, 3.8) is 0 Å². The Morgan fingerprint density at radius 2 is 0.783 bits per heavy atom. The van der Waals surface area contributed by atoms with E-state index in [9.17, 15) is 0 Å². The summed E-state index contributed by atoms with van der Waals surface area (Å²) < 4.78 is 0. The van der Waals surface area contributed by atoms with Gasteiger partial charge in [-0.05, 0) is 93.0 Å². The first-order valence-corrected chi connectivity index (χ1v) is 15.6. The summed E-state index contributed by atoms with van der Waals surface area (Å²) in [6.45, 7) is 7.77. The van der Waals surface area contributed by atoms with Crippen LogP contribution in [-0.2, 0) is 0 Å². The van der Waals surface area contributed by atoms with Gasteiger partial charge in [-0.3, -0.25) is 0 Å². The average Bonchev–Trinajstić information content (AvgIpc) is 3.54. The van der Waals surface area contributed by atoms with Crippen LogP contribution in [0.1, 0.15) is 23.3 Å². The van der Waals surface area contributed by atoms with Gasteiger partial charge in [0, 0.05) is 27.3 Å². The lowest BCUT2D eigenvalue weighted by molar-refractivity contribution is 0.929. The molecule has 2 aromatic heterocycles. The fraction of sp³-hybridized carbons (Fsp3) is 0.100. The summed E-state index contributed by atoms with van der Waals surface area (Å²) in [6.07, 6.45) is 0. The first-order chi connectivity index (χ1) is 22.5. The lowest BCUT2D eigenvalue weighted by Gasteiger charge is -2.18. The van der Waals surface area contributed by atoms with E-state index in [0.717, 1.165) is 32.7 Å². The third-order valence-electron chi connectivity index (χ3n) is 9.55. The number of aryl methyl sites for hydroxylation is 4. The molecule has 0 unspecified atom stereocenters. The first-order valence-electron chi connectivity index (χ1n) is 15.6. The van der Waals surface area contributed by atoms with Crippen molar-refractivity contribution >= 4 is 75.4 Å². The van der Waals surface area contributed by atoms with Crippen molar-refractivity contribution in [2.75, 3.05) is 0 Å². The summed E-state index contributed by atoms with van der Waals surface area (Å²) in [4.78, 5) is 29.2. The normalized spacial score (nSPS) is 12.3. The molecule has 6 heteroatoms. The molecule has 0 spiro atoms. The van der Waals surface area contributed by atoms with E-state index in [0.29, 0.717) is 34.9 Å². The molecule has 216 valence electrons. The Bertz CT molecular complexity index is 2860. The Hall–Kier alpha value is -5.88. The minimum Gasteiger partial charge on any atom is -0.219 e. The fourth-order valence-corrected chi connectivity index (χ4v) is 8.06. The molecular formula is C40H26N6. The molecule has 0 fully saturated rings. The summed E-state index contributed by atoms with van der Waals surface area (Å²) in [5.41, 5.74) is 2.04. The van der Waals surface area contributed by atoms with E-state index in [1.165, 1.54) is 53.9 Å². The van der Waals surface area contributed by atoms with Crippen molar-refractivity contribution in [1.29, 1.82) is 0 Å². The molecule has 0 saturated heterocycles. The minimum absolute atomic E-state index is 0.680. The summed E-state index contributed by atoms with van der Waals surface area (Å²) in [5, 5.41) is 16.6. The van der Waals surface area contributed by atoms with E-state index >= 15 is 0 Å². The van der Waals surface area contributed by atoms with E-state index in [1.807, 2.05) is 27.7 Å². The number of nitrogens with zero attached hydrogens (tertiary/aromatic N) is 6. The molecule has 6 nitrogen and oxygen atoms in total. The molecule has 10 aromatic rings. The molecule has 0 radical (unpaired) electrons. The monoisotopic (exact) mass is 590 g/mol. The Labute approximate surface area is 263 Å². The van der Waals surface area contributed by atoms with E-state index in [1.54, 1.807) is 0 Å². The van der Waals surface area contributed by atoms with Gasteiger partial charge in [0.15, 0.2) is 11.6 Å². The lowest BCUT2D eigenvalue weighted by Crippen LogP contribution is -2.02. The predicted octanol–water partition coefficient (Wildman–Crippen LogP) is 9.57. The molecule has 0 aliphatic rings. The molecule has 0 saturated carbocycles. The second-order valence-electron chi connectivity index (χ2n) is 12.3. The number of aromatic nitrogens is 6. The molecule has 10 rings (SSSR count). The van der Waals surface area contributed by atoms with Crippen LogP contribution < -0.4 is 0 Å². The summed E-state index contributed by atoms with van der Waals surface area (Å²) in [5.74, 6) is 4.16. The van der Waals surface area contributed by atoms with Gasteiger partial charge in [0.2, 0.25) is 0 Å². The Morgan fingerprint density at radius 1 is 0.326 bits per heavy atom. The standard InChI is InChI=1S/C40H26N6/c1-19-41-20(2)44-39(43-19)37-31-18-30-25-13-6-5-12-24(25)26-14-9-17-29(33(26)30)34(31)38(40-45-21(3)42-22(4)46-40)36-28-16-8-11-23-10-7-15-27(32(23)28)35(36)37/h5-18H,1-4H3. The topological polar surface area (TPSA) is 77.3 Å². The van der Waals surface area contributed by atoms with Crippen molar-refractivity contribution < 1.29 is 0 Å². The van der Waals surface area contributed by atoms with Crippen molar-refractivity contribution in [2.45, 2.75) is 27.7 Å². The van der Waals surface area contributed by atoms with Gasteiger partial charge in [0.25, 0.3) is 0 Å². The third-order valence-corrected chi connectivity index (χ3v) is 9.55. The van der Waals surface area contributed by atoms with Crippen molar-refractivity contribution in [3.8, 4) is 22.8 Å². The highest BCUT2D eigenvalue weighted by Crippen LogP contribution is 2.53. The van der Waals surface area contributed by atoms with E-state index in [4.69, 9.17) is 19.9 Å². The lowest BCUT2D eigenvalue weighted by atomic mass is 9.87. The Kier molecular flexibility index (Phi) is 4.90. The molecular weight excluding hydrogens is 564 g/mol. The van der Waals surface area contributed by atoms with Crippen molar-refractivity contribution in [2.24, 2.45) is 0 Å². The SMILES string of the molecule is Cc1nc(C)nc(-c2c3cc4c5ccccc5c5cccc(c3c(-c3nc(C)nc(C)n3)c3c6cccc7cccc(c23)c76)c54)n1. The second kappa shape index (κ2) is 8.86. The number of rotatable bonds is 2. The van der Waals surface area contributed by atoms with Gasteiger partial charge in [-0.2, -0.15) is 0 Å². The van der Waals surface area contributed by atoms with Crippen LogP contribution in [0.4, 0.5) is 0 Å². The highest BCUT2D eigenvalue weighted by molar-refractivity contribution is 6.44. The summed E-state index contributed by atoms with van der Waals surface area (Å²) >= 11 is 0. The predicted molar refractivity (Wildman–Crippen MR) is 188 cm³/mol. The van der Waals surface area contributed by atoms with Gasteiger partial charge in [-0.25, -0.2) is 29.9 Å². The molecule has 46 heavy (non-hydrogen) atoms. The number of fused-ring (bicyclic) bond motifs is 8. The van der Waals surface area contributed by atoms with Crippen LogP contribution >= 0.6 is 0 Å². The summed E-state index contributed by atoms with van der Waals surface area (Å²) in [7, 11) is 0. The highest BCUT2D eigenvalue weighted by Gasteiger charge is 2.28. The zero-order chi connectivity index (χ0) is 30.8. The van der Waals surface area contributed by atoms with Crippen LogP contribution in [0, 0.1) is 27.7 Å². The number of hydrogen-bond acceptors (Lipinski definition) is 6. The minimum atomic E-state index is 0.680. The van der Waals surface area contributed by atoms with Gasteiger partial charge in [0.05, 0.1) is 0 Å². The van der Waals surface area contributed by atoms with Gasteiger partial charge in [-0.1, -0.05) is 78.9 Å². The Morgan fingerprint density at radius 3 is 1.39 bits per heavy atom. The fourth-order valence-electron chi connectivity index (χ4n) is 8.06. The molecule has 0 atom stereocenters. The molecule has 8 aromatic carbocycles. The second-order valence-corrected chi connectivity index (χ2v) is 12.3. The summed E-state index contributed by atoms with van der Waals surface area (Å²) in [6, 6.07) is 30.9. The average molecular weight is 591 g/mol. The maximum atomic E-state index is 5.03. The largest absolute Gasteiger partial charge is 0.219 e. The van der Waals surface area contributed by atoms with Crippen LogP contribution in [-0.4, -0.2) is 29.9 Å². The van der Waals surface area contributed by atoms with Crippen molar-refractivity contribution in [1.82, 2.24) is 29.9 Å². The molecule has 0 aliphatic heterocycles. The first kappa shape index (κ1) is 25.4. The number of hydrogen-bond donors (Lipinski definition) is 0.